The molecule has 1 fully saturated rings. The quantitative estimate of drug-likeness (QED) is 0.385. The molecule has 6 nitrogen and oxygen atoms in total. The molecule has 2 atom stereocenters. The largest absolute Gasteiger partial charge is 0.347 e. The number of carbonyl (C=O) groups is 1. The highest BCUT2D eigenvalue weighted by molar-refractivity contribution is 6.08. The summed E-state index contributed by atoms with van der Waals surface area (Å²) in [6, 6.07) is 9.63. The summed E-state index contributed by atoms with van der Waals surface area (Å²) in [7, 11) is 0. The number of aromatic nitrogens is 3. The minimum atomic E-state index is -0.687. The summed E-state index contributed by atoms with van der Waals surface area (Å²) in [6.07, 6.45) is 5.60. The predicted molar refractivity (Wildman–Crippen MR) is 129 cm³/mol. The van der Waals surface area contributed by atoms with Crippen molar-refractivity contribution in [2.24, 2.45) is 5.92 Å². The van der Waals surface area contributed by atoms with E-state index >= 15 is 4.39 Å². The van der Waals surface area contributed by atoms with Gasteiger partial charge in [-0.3, -0.25) is 9.59 Å². The monoisotopic (exact) mass is 476 g/mol. The molecule has 0 radical (unpaired) electrons. The number of hydrogen-bond acceptors (Lipinski definition) is 3. The summed E-state index contributed by atoms with van der Waals surface area (Å²) in [5.74, 6) is -0.739. The lowest BCUT2D eigenvalue weighted by atomic mass is 9.98. The first-order valence-corrected chi connectivity index (χ1v) is 11.8. The van der Waals surface area contributed by atoms with Gasteiger partial charge in [-0.1, -0.05) is 31.2 Å². The van der Waals surface area contributed by atoms with E-state index in [1.165, 1.54) is 28.8 Å². The lowest BCUT2D eigenvalue weighted by Gasteiger charge is -2.24. The van der Waals surface area contributed by atoms with Gasteiger partial charge in [-0.25, -0.2) is 13.8 Å². The van der Waals surface area contributed by atoms with E-state index in [0.29, 0.717) is 23.5 Å². The Kier molecular flexibility index (Phi) is 5.96. The minimum Gasteiger partial charge on any atom is -0.347 e. The van der Waals surface area contributed by atoms with Crippen molar-refractivity contribution in [2.45, 2.75) is 45.2 Å². The number of halogens is 2. The maximum Gasteiger partial charge on any atom is 0.262 e. The normalized spacial score (nSPS) is 15.2. The van der Waals surface area contributed by atoms with Crippen LogP contribution in [0.2, 0.25) is 0 Å². The number of carbonyl (C=O) groups excluding carboxylic acids is 1. The Balaban J connectivity index is 1.67. The second kappa shape index (κ2) is 9.09. The van der Waals surface area contributed by atoms with Crippen molar-refractivity contribution in [3.05, 3.63) is 99.5 Å². The third-order valence-electron chi connectivity index (χ3n) is 6.79. The van der Waals surface area contributed by atoms with Gasteiger partial charge in [-0.2, -0.15) is 0 Å². The Morgan fingerprint density at radius 2 is 2.00 bits per heavy atom. The number of pyridine rings is 1. The third kappa shape index (κ3) is 4.13. The first-order valence-electron chi connectivity index (χ1n) is 11.8. The molecule has 2 heterocycles. The lowest BCUT2D eigenvalue weighted by molar-refractivity contribution is 0.0931. The molecule has 1 aliphatic carbocycles. The highest BCUT2D eigenvalue weighted by Crippen LogP contribution is 2.41. The zero-order chi connectivity index (χ0) is 24.7. The fourth-order valence-electron chi connectivity index (χ4n) is 4.97. The van der Waals surface area contributed by atoms with Crippen LogP contribution in [0.5, 0.6) is 0 Å². The number of hydrogen-bond donors (Lipinski definition) is 2. The molecule has 0 spiro atoms. The van der Waals surface area contributed by atoms with E-state index in [1.807, 2.05) is 6.92 Å². The first-order chi connectivity index (χ1) is 16.9. The van der Waals surface area contributed by atoms with Crippen molar-refractivity contribution in [1.82, 2.24) is 19.9 Å². The van der Waals surface area contributed by atoms with Crippen LogP contribution in [0.3, 0.4) is 0 Å². The fraction of sp³-hybridized carbons (Fsp3) is 0.296. The molecular weight excluding hydrogens is 450 g/mol. The van der Waals surface area contributed by atoms with Gasteiger partial charge >= 0.3 is 0 Å². The molecule has 2 aromatic heterocycles. The maximum absolute atomic E-state index is 15.0. The molecule has 1 amide bonds. The van der Waals surface area contributed by atoms with Crippen LogP contribution in [0.1, 0.15) is 65.7 Å². The molecule has 0 saturated heterocycles. The number of H-pyrrole nitrogens is 1. The predicted octanol–water partition coefficient (Wildman–Crippen LogP) is 5.19. The van der Waals surface area contributed by atoms with Crippen molar-refractivity contribution in [1.29, 1.82) is 0 Å². The van der Waals surface area contributed by atoms with Crippen LogP contribution in [0.25, 0.3) is 10.8 Å². The average molecular weight is 477 g/mol. The molecule has 5 rings (SSSR count). The maximum atomic E-state index is 15.0. The van der Waals surface area contributed by atoms with Crippen LogP contribution in [0, 0.1) is 24.5 Å². The Hall–Kier alpha value is -3.81. The fourth-order valence-corrected chi connectivity index (χ4v) is 4.97. The molecule has 1 aliphatic rings. The van der Waals surface area contributed by atoms with Gasteiger partial charge in [0.1, 0.15) is 17.5 Å². The van der Waals surface area contributed by atoms with Gasteiger partial charge in [-0.15, -0.1) is 0 Å². The van der Waals surface area contributed by atoms with Crippen LogP contribution in [-0.4, -0.2) is 20.4 Å². The Morgan fingerprint density at radius 1 is 1.23 bits per heavy atom. The Morgan fingerprint density at radius 3 is 2.66 bits per heavy atom. The first kappa shape index (κ1) is 23.0. The van der Waals surface area contributed by atoms with Gasteiger partial charge in [0, 0.05) is 23.5 Å². The highest BCUT2D eigenvalue weighted by atomic mass is 19.1. The summed E-state index contributed by atoms with van der Waals surface area (Å²) in [6.45, 7) is 3.60. The van der Waals surface area contributed by atoms with Gasteiger partial charge < -0.3 is 14.9 Å². The molecule has 1 unspecified atom stereocenters. The van der Waals surface area contributed by atoms with Gasteiger partial charge in [0.15, 0.2) is 0 Å². The van der Waals surface area contributed by atoms with Crippen molar-refractivity contribution in [2.75, 3.05) is 0 Å². The van der Waals surface area contributed by atoms with E-state index in [1.54, 1.807) is 37.5 Å². The van der Waals surface area contributed by atoms with E-state index < -0.39 is 23.3 Å². The molecule has 4 aromatic rings. The molecule has 2 aromatic carbocycles. The molecule has 2 N–H and O–H groups in total. The van der Waals surface area contributed by atoms with E-state index in [4.69, 9.17) is 0 Å². The molecule has 35 heavy (non-hydrogen) atoms. The molecule has 180 valence electrons. The van der Waals surface area contributed by atoms with Gasteiger partial charge in [0.05, 0.1) is 23.0 Å². The zero-order valence-corrected chi connectivity index (χ0v) is 19.5. The van der Waals surface area contributed by atoms with Crippen molar-refractivity contribution in [3.63, 3.8) is 0 Å². The minimum absolute atomic E-state index is 0.137. The lowest BCUT2D eigenvalue weighted by Crippen LogP contribution is -2.35. The Bertz CT molecular complexity index is 1460. The van der Waals surface area contributed by atoms with Gasteiger partial charge in [0.2, 0.25) is 0 Å². The number of imidazole rings is 1. The molecule has 0 aliphatic heterocycles. The topological polar surface area (TPSA) is 79.8 Å². The van der Waals surface area contributed by atoms with Crippen molar-refractivity contribution < 1.29 is 13.6 Å². The summed E-state index contributed by atoms with van der Waals surface area (Å²) < 4.78 is 30.4. The molecule has 1 saturated carbocycles. The summed E-state index contributed by atoms with van der Waals surface area (Å²) in [4.78, 5) is 34.7. The summed E-state index contributed by atoms with van der Waals surface area (Å²) >= 11 is 0. The molecular formula is C27H26F2N4O2. The summed E-state index contributed by atoms with van der Waals surface area (Å²) in [5.41, 5.74) is 0.817. The number of rotatable bonds is 7. The van der Waals surface area contributed by atoms with E-state index in [-0.39, 0.29) is 34.1 Å². The summed E-state index contributed by atoms with van der Waals surface area (Å²) in [5, 5.41) is 3.18. The third-order valence-corrected chi connectivity index (χ3v) is 6.79. The van der Waals surface area contributed by atoms with Crippen LogP contribution >= 0.6 is 0 Å². The van der Waals surface area contributed by atoms with Gasteiger partial charge in [0.25, 0.3) is 11.5 Å². The number of nitrogens with one attached hydrogen (secondary N) is 2. The van der Waals surface area contributed by atoms with E-state index in [0.717, 1.165) is 12.8 Å². The standard InChI is InChI=1S/C27H26F2N4O2/c1-3-21(25-30-12-13-31-25)33-15(2)22(19-8-5-9-20(29)23(19)27(33)35)26(34)32-24(16-10-11-16)17-6-4-7-18(28)14-17/h4-9,12-14,16,21,24H,3,10-11H2,1-2H3,(H,30,31)(H,32,34)/t21-,24?/m0/s1. The van der Waals surface area contributed by atoms with Crippen molar-refractivity contribution >= 4 is 16.7 Å². The van der Waals surface area contributed by atoms with Crippen LogP contribution in [0.15, 0.2) is 59.7 Å². The number of fused-ring (bicyclic) bond motifs is 1. The van der Waals surface area contributed by atoms with Crippen LogP contribution in [-0.2, 0) is 0 Å². The molecule has 0 bridgehead atoms. The smallest absolute Gasteiger partial charge is 0.262 e. The second-order valence-electron chi connectivity index (χ2n) is 9.04. The van der Waals surface area contributed by atoms with Crippen molar-refractivity contribution in [3.8, 4) is 0 Å². The highest BCUT2D eigenvalue weighted by Gasteiger charge is 2.35. The number of benzene rings is 2. The number of aromatic amines is 1. The van der Waals surface area contributed by atoms with Gasteiger partial charge in [-0.05, 0) is 55.9 Å². The SMILES string of the molecule is CC[C@@H](c1ncc[nH]1)n1c(C)c(C(=O)NC(c2cccc(F)c2)C2CC2)c2cccc(F)c2c1=O. The van der Waals surface area contributed by atoms with Crippen LogP contribution < -0.4 is 10.9 Å². The van der Waals surface area contributed by atoms with Crippen LogP contribution in [0.4, 0.5) is 8.78 Å². The average Bonchev–Trinajstić information content (AvgIpc) is 3.53. The molecule has 8 heteroatoms. The Labute approximate surface area is 201 Å². The zero-order valence-electron chi connectivity index (χ0n) is 19.5. The second-order valence-corrected chi connectivity index (χ2v) is 9.04. The van der Waals surface area contributed by atoms with E-state index in [9.17, 15) is 14.0 Å². The van der Waals surface area contributed by atoms with E-state index in [2.05, 4.69) is 15.3 Å². The number of amides is 1. The number of nitrogens with zero attached hydrogens (tertiary/aromatic N) is 2.